The maximum Gasteiger partial charge on any atom is 0.0874 e. The summed E-state index contributed by atoms with van der Waals surface area (Å²) in [7, 11) is 0. The van der Waals surface area contributed by atoms with Gasteiger partial charge in [-0.3, -0.25) is 5.01 Å². The van der Waals surface area contributed by atoms with Crippen LogP contribution in [0.1, 0.15) is 44.6 Å². The zero-order valence-electron chi connectivity index (χ0n) is 10.8. The first kappa shape index (κ1) is 12.1. The molecule has 0 aromatic heterocycles. The maximum absolute atomic E-state index is 4.29. The van der Waals surface area contributed by atoms with Gasteiger partial charge in [0.1, 0.15) is 0 Å². The average Bonchev–Trinajstić information content (AvgIpc) is 2.38. The van der Waals surface area contributed by atoms with Crippen LogP contribution in [0.2, 0.25) is 0 Å². The zero-order valence-corrected chi connectivity index (χ0v) is 10.8. The van der Waals surface area contributed by atoms with Crippen LogP contribution in [0.5, 0.6) is 0 Å². The summed E-state index contributed by atoms with van der Waals surface area (Å²) in [4.78, 5) is 0. The third kappa shape index (κ3) is 3.55. The van der Waals surface area contributed by atoms with Gasteiger partial charge in [-0.2, -0.15) is 0 Å². The highest BCUT2D eigenvalue weighted by Gasteiger charge is 2.06. The predicted octanol–water partition coefficient (Wildman–Crippen LogP) is 4.29. The number of benzene rings is 1. The molecule has 0 N–H and O–H groups in total. The third-order valence-corrected chi connectivity index (χ3v) is 3.18. The molecule has 1 saturated heterocycles. The summed E-state index contributed by atoms with van der Waals surface area (Å²) in [6.07, 6.45) is 3.81. The molecule has 1 aliphatic rings. The Morgan fingerprint density at radius 3 is 2.24 bits per heavy atom. The predicted molar refractivity (Wildman–Crippen MR) is 70.5 cm³/mol. The van der Waals surface area contributed by atoms with Crippen LogP contribution in [0, 0.1) is 0 Å². The Labute approximate surface area is 104 Å². The lowest BCUT2D eigenvalue weighted by molar-refractivity contribution is 0.224. The fraction of sp³-hybridized carbons (Fsp3) is 0.571. The Kier molecular flexibility index (Phi) is 4.13. The van der Waals surface area contributed by atoms with Crippen LogP contribution < -0.4 is 0 Å². The highest BCUT2D eigenvalue weighted by atomic mass is 15.5. The van der Waals surface area contributed by atoms with Gasteiger partial charge in [-0.15, -0.1) is 5.11 Å². The quantitative estimate of drug-likeness (QED) is 0.713. The Hall–Kier alpha value is -1.38. The lowest BCUT2D eigenvalue weighted by Crippen LogP contribution is -2.23. The topological polar surface area (TPSA) is 28.0 Å². The Morgan fingerprint density at radius 2 is 1.65 bits per heavy atom. The van der Waals surface area contributed by atoms with E-state index in [9.17, 15) is 0 Å². The van der Waals surface area contributed by atoms with Crippen molar-refractivity contribution in [3.8, 4) is 0 Å². The Balaban J connectivity index is 1.95. The van der Waals surface area contributed by atoms with E-state index in [4.69, 9.17) is 0 Å². The standard InChI is InChI=1S/C14H21N3/c1-12(2)13-6-8-14(9-7-13)15-16-17-10-4-3-5-11-17/h6-9,12H,3-5,10-11H2,1-2H3/b16-15+. The molecule has 0 saturated carbocycles. The van der Waals surface area contributed by atoms with Crippen LogP contribution in [0.15, 0.2) is 34.6 Å². The molecule has 0 aliphatic carbocycles. The third-order valence-electron chi connectivity index (χ3n) is 3.18. The number of hydrogen-bond donors (Lipinski definition) is 0. The van der Waals surface area contributed by atoms with E-state index in [1.165, 1.54) is 24.8 Å². The highest BCUT2D eigenvalue weighted by molar-refractivity contribution is 5.38. The van der Waals surface area contributed by atoms with Gasteiger partial charge in [0, 0.05) is 13.1 Å². The minimum atomic E-state index is 0.572. The van der Waals surface area contributed by atoms with Gasteiger partial charge in [-0.05, 0) is 42.9 Å². The second-order valence-corrected chi connectivity index (χ2v) is 4.95. The van der Waals surface area contributed by atoms with Gasteiger partial charge in [-0.1, -0.05) is 31.2 Å². The first-order valence-corrected chi connectivity index (χ1v) is 6.52. The fourth-order valence-corrected chi connectivity index (χ4v) is 2.01. The van der Waals surface area contributed by atoms with Gasteiger partial charge in [0.2, 0.25) is 0 Å². The molecular weight excluding hydrogens is 210 g/mol. The molecule has 0 bridgehead atoms. The minimum absolute atomic E-state index is 0.572. The SMILES string of the molecule is CC(C)c1ccc(/N=N/N2CCCCC2)cc1. The van der Waals surface area contributed by atoms with E-state index in [1.54, 1.807) is 0 Å². The van der Waals surface area contributed by atoms with Crippen LogP contribution in [-0.2, 0) is 0 Å². The van der Waals surface area contributed by atoms with E-state index in [-0.39, 0.29) is 0 Å². The smallest absolute Gasteiger partial charge is 0.0874 e. The first-order valence-electron chi connectivity index (χ1n) is 6.52. The highest BCUT2D eigenvalue weighted by Crippen LogP contribution is 2.20. The number of hydrogen-bond acceptors (Lipinski definition) is 2. The van der Waals surface area contributed by atoms with Crippen molar-refractivity contribution < 1.29 is 0 Å². The molecule has 1 aromatic rings. The van der Waals surface area contributed by atoms with Crippen molar-refractivity contribution in [2.75, 3.05) is 13.1 Å². The summed E-state index contributed by atoms with van der Waals surface area (Å²) in [5.41, 5.74) is 2.29. The van der Waals surface area contributed by atoms with Crippen molar-refractivity contribution in [1.82, 2.24) is 5.01 Å². The van der Waals surface area contributed by atoms with Crippen molar-refractivity contribution in [2.45, 2.75) is 39.0 Å². The molecule has 92 valence electrons. The monoisotopic (exact) mass is 231 g/mol. The van der Waals surface area contributed by atoms with Gasteiger partial charge in [-0.25, -0.2) is 0 Å². The molecule has 1 aromatic carbocycles. The van der Waals surface area contributed by atoms with Gasteiger partial charge < -0.3 is 0 Å². The number of rotatable bonds is 3. The average molecular weight is 231 g/mol. The van der Waals surface area contributed by atoms with Crippen molar-refractivity contribution in [1.29, 1.82) is 0 Å². The van der Waals surface area contributed by atoms with E-state index in [0.717, 1.165) is 18.8 Å². The molecule has 1 aliphatic heterocycles. The van der Waals surface area contributed by atoms with Crippen LogP contribution in [0.3, 0.4) is 0 Å². The summed E-state index contributed by atoms with van der Waals surface area (Å²) in [6.45, 7) is 6.50. The molecule has 0 spiro atoms. The minimum Gasteiger partial charge on any atom is -0.278 e. The summed E-state index contributed by atoms with van der Waals surface area (Å²) in [6, 6.07) is 8.36. The van der Waals surface area contributed by atoms with E-state index < -0.39 is 0 Å². The summed E-state index contributed by atoms with van der Waals surface area (Å²) < 4.78 is 0. The molecule has 1 heterocycles. The lowest BCUT2D eigenvalue weighted by Gasteiger charge is -2.21. The second kappa shape index (κ2) is 5.80. The zero-order chi connectivity index (χ0) is 12.1. The summed E-state index contributed by atoms with van der Waals surface area (Å²) in [5.74, 6) is 0.572. The lowest BCUT2D eigenvalue weighted by atomic mass is 10.0. The molecule has 3 nitrogen and oxygen atoms in total. The van der Waals surface area contributed by atoms with Crippen molar-refractivity contribution in [2.24, 2.45) is 10.3 Å². The number of piperidine rings is 1. The molecular formula is C14H21N3. The summed E-state index contributed by atoms with van der Waals surface area (Å²) >= 11 is 0. The molecule has 2 rings (SSSR count). The van der Waals surface area contributed by atoms with Crippen LogP contribution in [-0.4, -0.2) is 18.1 Å². The van der Waals surface area contributed by atoms with Gasteiger partial charge >= 0.3 is 0 Å². The molecule has 0 radical (unpaired) electrons. The van der Waals surface area contributed by atoms with Gasteiger partial charge in [0.25, 0.3) is 0 Å². The van der Waals surface area contributed by atoms with Crippen LogP contribution in [0.25, 0.3) is 0 Å². The number of nitrogens with zero attached hydrogens (tertiary/aromatic N) is 3. The normalized spacial score (nSPS) is 17.0. The molecule has 0 unspecified atom stereocenters. The van der Waals surface area contributed by atoms with Gasteiger partial charge in [0.05, 0.1) is 5.69 Å². The molecule has 1 fully saturated rings. The van der Waals surface area contributed by atoms with E-state index >= 15 is 0 Å². The summed E-state index contributed by atoms with van der Waals surface area (Å²) in [5, 5.41) is 10.6. The molecule has 3 heteroatoms. The maximum atomic E-state index is 4.29. The van der Waals surface area contributed by atoms with Crippen molar-refractivity contribution in [3.63, 3.8) is 0 Å². The van der Waals surface area contributed by atoms with Crippen molar-refractivity contribution in [3.05, 3.63) is 29.8 Å². The van der Waals surface area contributed by atoms with Gasteiger partial charge in [0.15, 0.2) is 0 Å². The Bertz CT molecular complexity index is 362. The second-order valence-electron chi connectivity index (χ2n) is 4.95. The van der Waals surface area contributed by atoms with E-state index in [0.29, 0.717) is 5.92 Å². The Morgan fingerprint density at radius 1 is 1.00 bits per heavy atom. The van der Waals surface area contributed by atoms with Crippen molar-refractivity contribution >= 4 is 5.69 Å². The molecule has 0 atom stereocenters. The molecule has 0 amide bonds. The largest absolute Gasteiger partial charge is 0.278 e. The molecule has 17 heavy (non-hydrogen) atoms. The van der Waals surface area contributed by atoms with E-state index in [1.807, 2.05) is 12.1 Å². The fourth-order valence-electron chi connectivity index (χ4n) is 2.01. The van der Waals surface area contributed by atoms with E-state index in [2.05, 4.69) is 41.3 Å². The van der Waals surface area contributed by atoms with Crippen LogP contribution in [0.4, 0.5) is 5.69 Å². The van der Waals surface area contributed by atoms with Crippen LogP contribution >= 0.6 is 0 Å². The first-order chi connectivity index (χ1) is 8.25.